The molecule has 3 rings (SSSR count). The molecule has 0 atom stereocenters. The van der Waals surface area contributed by atoms with E-state index in [1.807, 2.05) is 30.0 Å². The predicted octanol–water partition coefficient (Wildman–Crippen LogP) is 4.04. The third-order valence-corrected chi connectivity index (χ3v) is 4.72. The minimum absolute atomic E-state index is 0.872. The van der Waals surface area contributed by atoms with E-state index >= 15 is 0 Å². The highest BCUT2D eigenvalue weighted by Crippen LogP contribution is 2.30. The zero-order valence-corrected chi connectivity index (χ0v) is 14.4. The molecule has 0 aromatic heterocycles. The molecule has 0 spiro atoms. The summed E-state index contributed by atoms with van der Waals surface area (Å²) in [6.07, 6.45) is 2.72. The number of sulfonamides is 1. The number of nitrogens with one attached hydrogen (secondary N) is 1. The molecule has 0 aliphatic carbocycles. The summed E-state index contributed by atoms with van der Waals surface area (Å²) in [6.45, 7) is 4.10. The van der Waals surface area contributed by atoms with Gasteiger partial charge in [-0.15, -0.1) is 0 Å². The smallest absolute Gasteiger partial charge is 0.201 e. The van der Waals surface area contributed by atoms with Crippen molar-refractivity contribution in [2.24, 2.45) is 5.10 Å². The van der Waals surface area contributed by atoms with E-state index in [-0.39, 0.29) is 0 Å². The van der Waals surface area contributed by atoms with Crippen molar-refractivity contribution in [2.75, 3.05) is 0 Å². The fraction of sp³-hybridized carbons (Fsp3) is 0.118. The molecule has 2 aromatic carbocycles. The minimum Gasteiger partial charge on any atom is -0.201 e. The molecule has 1 heterocycles. The Hall–Kier alpha value is -2.11. The lowest BCUT2D eigenvalue weighted by atomic mass is 9.99. The minimum atomic E-state index is -3.21. The molecule has 1 aliphatic rings. The summed E-state index contributed by atoms with van der Waals surface area (Å²) in [4.78, 5) is 1.91. The summed E-state index contributed by atoms with van der Waals surface area (Å²) in [7, 11) is -3.21. The average Bonchev–Trinajstić information content (AvgIpc) is 2.54. The number of aryl methyl sites for hydroxylation is 1. The number of nitrogens with zero attached hydrogens (tertiary/aromatic N) is 1. The summed E-state index contributed by atoms with van der Waals surface area (Å²) in [6, 6.07) is 14.5. The van der Waals surface area contributed by atoms with Crippen LogP contribution in [0.5, 0.6) is 0 Å². The highest BCUT2D eigenvalue weighted by atomic mass is 35.5. The Morgan fingerprint density at radius 1 is 1.04 bits per heavy atom. The van der Waals surface area contributed by atoms with Gasteiger partial charge < -0.3 is 0 Å². The maximum absolute atomic E-state index is 10.3. The third-order valence-electron chi connectivity index (χ3n) is 3.26. The summed E-state index contributed by atoms with van der Waals surface area (Å²) in [5.41, 5.74) is 4.72. The van der Waals surface area contributed by atoms with Gasteiger partial charge in [0.25, 0.3) is 10.0 Å². The molecule has 0 unspecified atom stereocenters. The molecular weight excluding hydrogens is 332 g/mol. The van der Waals surface area contributed by atoms with E-state index in [9.17, 15) is 8.42 Å². The summed E-state index contributed by atoms with van der Waals surface area (Å²) in [5, 5.41) is 5.19. The standard InChI is InChI=1S/C14H13Cl.C3H4N2O2S/c1-10-8-9-13(11(2)14(10)15)12-6-4-3-5-7-12;6-8(7)3-1-2-4-5-8/h3-9H,1-2H3;1-3,5H. The molecule has 120 valence electrons. The number of benzene rings is 2. The van der Waals surface area contributed by atoms with E-state index in [0.717, 1.165) is 21.6 Å². The Morgan fingerprint density at radius 3 is 2.26 bits per heavy atom. The van der Waals surface area contributed by atoms with Crippen molar-refractivity contribution in [3.05, 3.63) is 70.1 Å². The van der Waals surface area contributed by atoms with Crippen LogP contribution in [0.1, 0.15) is 11.1 Å². The van der Waals surface area contributed by atoms with Gasteiger partial charge >= 0.3 is 0 Å². The Balaban J connectivity index is 0.000000203. The van der Waals surface area contributed by atoms with Crippen LogP contribution >= 0.6 is 11.6 Å². The fourth-order valence-electron chi connectivity index (χ4n) is 2.07. The van der Waals surface area contributed by atoms with E-state index in [1.54, 1.807) is 0 Å². The van der Waals surface area contributed by atoms with Gasteiger partial charge in [0.05, 0.1) is 5.41 Å². The maximum Gasteiger partial charge on any atom is 0.269 e. The predicted molar refractivity (Wildman–Crippen MR) is 96.0 cm³/mol. The monoisotopic (exact) mass is 348 g/mol. The Kier molecular flexibility index (Phi) is 5.58. The molecule has 4 nitrogen and oxygen atoms in total. The SMILES string of the molecule is Cc1ccc(-c2ccccc2)c(C)c1Cl.O=S1(=O)C=CC=NN1. The number of rotatable bonds is 1. The van der Waals surface area contributed by atoms with Crippen molar-refractivity contribution >= 4 is 27.8 Å². The number of hydrogen-bond donors (Lipinski definition) is 1. The van der Waals surface area contributed by atoms with E-state index in [2.05, 4.69) is 36.3 Å². The second-order valence-electron chi connectivity index (χ2n) is 4.98. The average molecular weight is 349 g/mol. The molecule has 23 heavy (non-hydrogen) atoms. The van der Waals surface area contributed by atoms with Crippen molar-refractivity contribution in [3.63, 3.8) is 0 Å². The maximum atomic E-state index is 10.3. The lowest BCUT2D eigenvalue weighted by Crippen LogP contribution is -2.16. The molecular formula is C17H17ClN2O2S. The van der Waals surface area contributed by atoms with Crippen LogP contribution in [-0.4, -0.2) is 14.6 Å². The Labute approximate surface area is 141 Å². The Bertz CT molecular complexity index is 844. The quantitative estimate of drug-likeness (QED) is 0.845. The van der Waals surface area contributed by atoms with Crippen molar-refractivity contribution in [1.29, 1.82) is 0 Å². The first-order valence-electron chi connectivity index (χ1n) is 6.93. The van der Waals surface area contributed by atoms with Gasteiger partial charge in [0, 0.05) is 11.2 Å². The van der Waals surface area contributed by atoms with Gasteiger partial charge in [-0.05, 0) is 42.2 Å². The van der Waals surface area contributed by atoms with Crippen molar-refractivity contribution in [1.82, 2.24) is 4.83 Å². The zero-order chi connectivity index (χ0) is 16.9. The summed E-state index contributed by atoms with van der Waals surface area (Å²) < 4.78 is 20.7. The van der Waals surface area contributed by atoms with Crippen molar-refractivity contribution in [3.8, 4) is 11.1 Å². The number of hydrazone groups is 1. The van der Waals surface area contributed by atoms with Crippen LogP contribution < -0.4 is 4.83 Å². The first-order chi connectivity index (χ1) is 10.9. The van der Waals surface area contributed by atoms with Crippen molar-refractivity contribution in [2.45, 2.75) is 13.8 Å². The fourth-order valence-corrected chi connectivity index (χ4v) is 2.78. The van der Waals surface area contributed by atoms with Gasteiger partial charge in [-0.25, -0.2) is 13.2 Å². The second-order valence-corrected chi connectivity index (χ2v) is 6.90. The van der Waals surface area contributed by atoms with E-state index < -0.39 is 10.0 Å². The first kappa shape index (κ1) is 17.2. The molecule has 0 radical (unpaired) electrons. The molecule has 1 aliphatic heterocycles. The third kappa shape index (κ3) is 4.68. The van der Waals surface area contributed by atoms with Gasteiger partial charge in [-0.1, -0.05) is 54.1 Å². The van der Waals surface area contributed by atoms with E-state index in [1.165, 1.54) is 23.4 Å². The Morgan fingerprint density at radius 2 is 1.74 bits per heavy atom. The second kappa shape index (κ2) is 7.44. The van der Waals surface area contributed by atoms with E-state index in [0.29, 0.717) is 0 Å². The van der Waals surface area contributed by atoms with Crippen LogP contribution in [0.3, 0.4) is 0 Å². The highest BCUT2D eigenvalue weighted by Gasteiger charge is 2.06. The van der Waals surface area contributed by atoms with Gasteiger partial charge in [-0.3, -0.25) is 0 Å². The zero-order valence-electron chi connectivity index (χ0n) is 12.8. The van der Waals surface area contributed by atoms with Crippen molar-refractivity contribution < 1.29 is 8.42 Å². The van der Waals surface area contributed by atoms with Gasteiger partial charge in [0.1, 0.15) is 0 Å². The molecule has 0 bridgehead atoms. The molecule has 0 saturated heterocycles. The first-order valence-corrected chi connectivity index (χ1v) is 8.86. The largest absolute Gasteiger partial charge is 0.269 e. The number of allylic oxidation sites excluding steroid dienone is 1. The molecule has 6 heteroatoms. The molecule has 0 amide bonds. The van der Waals surface area contributed by atoms with Crippen LogP contribution in [0.2, 0.25) is 5.02 Å². The molecule has 0 fully saturated rings. The lowest BCUT2D eigenvalue weighted by molar-refractivity contribution is 0.593. The van der Waals surface area contributed by atoms with Crippen LogP contribution in [0.4, 0.5) is 0 Å². The van der Waals surface area contributed by atoms with Gasteiger partial charge in [0.2, 0.25) is 0 Å². The van der Waals surface area contributed by atoms with Gasteiger partial charge in [-0.2, -0.15) is 5.10 Å². The normalized spacial score (nSPS) is 14.6. The van der Waals surface area contributed by atoms with Crippen LogP contribution in [0.25, 0.3) is 11.1 Å². The molecule has 0 saturated carbocycles. The molecule has 1 N–H and O–H groups in total. The number of hydrogen-bond acceptors (Lipinski definition) is 3. The topological polar surface area (TPSA) is 58.5 Å². The van der Waals surface area contributed by atoms with Gasteiger partial charge in [0.15, 0.2) is 0 Å². The molecule has 2 aromatic rings. The number of halogens is 1. The van der Waals surface area contributed by atoms with Crippen LogP contribution in [0.15, 0.2) is 59.1 Å². The van der Waals surface area contributed by atoms with Crippen LogP contribution in [0, 0.1) is 13.8 Å². The highest BCUT2D eigenvalue weighted by molar-refractivity contribution is 7.92. The summed E-state index contributed by atoms with van der Waals surface area (Å²) in [5.74, 6) is 0. The summed E-state index contributed by atoms with van der Waals surface area (Å²) >= 11 is 6.23. The van der Waals surface area contributed by atoms with E-state index in [4.69, 9.17) is 11.6 Å². The lowest BCUT2D eigenvalue weighted by Gasteiger charge is -2.09. The van der Waals surface area contributed by atoms with Crippen LogP contribution in [-0.2, 0) is 10.0 Å².